The summed E-state index contributed by atoms with van der Waals surface area (Å²) in [5, 5.41) is 4.55. The van der Waals surface area contributed by atoms with Crippen molar-refractivity contribution in [2.45, 2.75) is 33.4 Å². The molecule has 0 fully saturated rings. The number of fused-ring (bicyclic) bond motifs is 2. The molecular formula is C20H22ClN5O3S. The van der Waals surface area contributed by atoms with E-state index in [1.165, 1.54) is 10.8 Å². The van der Waals surface area contributed by atoms with E-state index in [9.17, 15) is 9.59 Å². The first-order valence-corrected chi connectivity index (χ1v) is 9.65. The van der Waals surface area contributed by atoms with Crippen LogP contribution in [0.1, 0.15) is 32.4 Å². The zero-order valence-electron chi connectivity index (χ0n) is 16.7. The minimum Gasteiger partial charge on any atom is -0.404 e. The standard InChI is InChI=1S/C20H20ClN5O3.H2S/c1-10(2)9-26-17-16(29-20(26)28)8-22-19(25-17)23-11(3)14-7-12-6-13(21)4-5-15(12)24-18(14)27;/h4-8,10-11H,9H2,1-3H3,(H,24,27)(H,22,23,25);1H2/t11-;/m0./s1. The minimum absolute atomic E-state index is 0. The van der Waals surface area contributed by atoms with Gasteiger partial charge in [0, 0.05) is 28.0 Å². The Bertz CT molecular complexity index is 1330. The van der Waals surface area contributed by atoms with E-state index in [4.69, 9.17) is 16.0 Å². The Hall–Kier alpha value is -2.78. The summed E-state index contributed by atoms with van der Waals surface area (Å²) in [5.74, 6) is 0.0896. The van der Waals surface area contributed by atoms with Crippen LogP contribution < -0.4 is 16.6 Å². The smallest absolute Gasteiger partial charge is 0.404 e. The molecule has 3 aromatic heterocycles. The third kappa shape index (κ3) is 4.22. The average molecular weight is 448 g/mol. The third-order valence-electron chi connectivity index (χ3n) is 4.60. The summed E-state index contributed by atoms with van der Waals surface area (Å²) in [6.45, 7) is 6.34. The van der Waals surface area contributed by atoms with Gasteiger partial charge in [0.15, 0.2) is 11.2 Å². The van der Waals surface area contributed by atoms with E-state index in [0.29, 0.717) is 39.8 Å². The first kappa shape index (κ1) is 21.9. The van der Waals surface area contributed by atoms with Crippen molar-refractivity contribution in [1.29, 1.82) is 0 Å². The molecule has 0 bridgehead atoms. The van der Waals surface area contributed by atoms with Gasteiger partial charge in [-0.05, 0) is 37.1 Å². The first-order chi connectivity index (χ1) is 13.8. The monoisotopic (exact) mass is 447 g/mol. The lowest BCUT2D eigenvalue weighted by Crippen LogP contribution is -2.21. The number of rotatable bonds is 5. The topological polar surface area (TPSA) is 106 Å². The van der Waals surface area contributed by atoms with Crippen molar-refractivity contribution in [3.05, 3.63) is 62.0 Å². The molecule has 10 heteroatoms. The molecule has 4 rings (SSSR count). The van der Waals surface area contributed by atoms with E-state index >= 15 is 0 Å². The van der Waals surface area contributed by atoms with Crippen molar-refractivity contribution < 1.29 is 4.42 Å². The van der Waals surface area contributed by atoms with Gasteiger partial charge < -0.3 is 14.7 Å². The zero-order chi connectivity index (χ0) is 20.7. The second-order valence-electron chi connectivity index (χ2n) is 7.41. The normalized spacial score (nSPS) is 12.3. The van der Waals surface area contributed by atoms with Gasteiger partial charge in [-0.1, -0.05) is 25.4 Å². The molecule has 0 aliphatic carbocycles. The molecule has 0 aliphatic rings. The number of oxazole rings is 1. The van der Waals surface area contributed by atoms with Crippen LogP contribution in [0.4, 0.5) is 5.95 Å². The van der Waals surface area contributed by atoms with Gasteiger partial charge in [0.25, 0.3) is 5.56 Å². The predicted octanol–water partition coefficient (Wildman–Crippen LogP) is 3.82. The number of aromatic nitrogens is 4. The van der Waals surface area contributed by atoms with Gasteiger partial charge in [-0.25, -0.2) is 9.78 Å². The van der Waals surface area contributed by atoms with E-state index in [-0.39, 0.29) is 31.0 Å². The number of aromatic amines is 1. The molecule has 0 unspecified atom stereocenters. The Morgan fingerprint density at radius 1 is 1.23 bits per heavy atom. The summed E-state index contributed by atoms with van der Waals surface area (Å²) in [5.41, 5.74) is 1.78. The van der Waals surface area contributed by atoms with Crippen molar-refractivity contribution in [2.24, 2.45) is 5.92 Å². The van der Waals surface area contributed by atoms with Crippen LogP contribution in [0.5, 0.6) is 0 Å². The van der Waals surface area contributed by atoms with Gasteiger partial charge in [0.2, 0.25) is 5.95 Å². The SMILES string of the molecule is CC(C)Cn1c(=O)oc2cnc(N[C@@H](C)c3cc4cc(Cl)ccc4[nH]c3=O)nc21.S. The van der Waals surface area contributed by atoms with E-state index < -0.39 is 5.76 Å². The lowest BCUT2D eigenvalue weighted by Gasteiger charge is -2.14. The first-order valence-electron chi connectivity index (χ1n) is 9.27. The molecule has 158 valence electrons. The summed E-state index contributed by atoms with van der Waals surface area (Å²) in [4.78, 5) is 36.1. The molecule has 0 aliphatic heterocycles. The number of halogens is 1. The lowest BCUT2D eigenvalue weighted by atomic mass is 10.1. The molecule has 0 spiro atoms. The van der Waals surface area contributed by atoms with Crippen molar-refractivity contribution in [3.8, 4) is 0 Å². The summed E-state index contributed by atoms with van der Waals surface area (Å²) in [6, 6.07) is 6.71. The lowest BCUT2D eigenvalue weighted by molar-refractivity contribution is 0.458. The maximum absolute atomic E-state index is 12.5. The van der Waals surface area contributed by atoms with Crippen molar-refractivity contribution in [1.82, 2.24) is 19.5 Å². The van der Waals surface area contributed by atoms with Crippen molar-refractivity contribution in [3.63, 3.8) is 0 Å². The molecule has 0 saturated heterocycles. The summed E-state index contributed by atoms with van der Waals surface area (Å²) in [6.07, 6.45) is 1.46. The van der Waals surface area contributed by atoms with Crippen LogP contribution in [0.2, 0.25) is 5.02 Å². The fourth-order valence-corrected chi connectivity index (χ4v) is 3.43. The van der Waals surface area contributed by atoms with Crippen LogP contribution in [-0.2, 0) is 6.54 Å². The van der Waals surface area contributed by atoms with E-state index in [0.717, 1.165) is 5.39 Å². The van der Waals surface area contributed by atoms with Crippen LogP contribution >= 0.6 is 25.1 Å². The second-order valence-corrected chi connectivity index (χ2v) is 7.84. The molecule has 0 radical (unpaired) electrons. The largest absolute Gasteiger partial charge is 0.421 e. The van der Waals surface area contributed by atoms with Crippen LogP contribution in [0.15, 0.2) is 44.5 Å². The molecule has 2 N–H and O–H groups in total. The van der Waals surface area contributed by atoms with Crippen LogP contribution in [0.25, 0.3) is 22.1 Å². The highest BCUT2D eigenvalue weighted by Crippen LogP contribution is 2.21. The molecule has 4 aromatic rings. The van der Waals surface area contributed by atoms with Crippen LogP contribution in [0.3, 0.4) is 0 Å². The van der Waals surface area contributed by atoms with Gasteiger partial charge in [-0.3, -0.25) is 9.36 Å². The van der Waals surface area contributed by atoms with Crippen molar-refractivity contribution >= 4 is 53.2 Å². The Labute approximate surface area is 183 Å². The molecule has 0 saturated carbocycles. The van der Waals surface area contributed by atoms with Crippen LogP contribution in [0, 0.1) is 5.92 Å². The van der Waals surface area contributed by atoms with E-state index in [1.807, 2.05) is 20.8 Å². The molecular weight excluding hydrogens is 426 g/mol. The Kier molecular flexibility index (Phi) is 6.23. The molecule has 30 heavy (non-hydrogen) atoms. The molecule has 1 atom stereocenters. The highest BCUT2D eigenvalue weighted by molar-refractivity contribution is 7.59. The molecule has 1 aromatic carbocycles. The third-order valence-corrected chi connectivity index (χ3v) is 4.84. The van der Waals surface area contributed by atoms with Gasteiger partial charge in [-0.2, -0.15) is 18.5 Å². The Morgan fingerprint density at radius 2 is 2.00 bits per heavy atom. The quantitative estimate of drug-likeness (QED) is 0.481. The summed E-state index contributed by atoms with van der Waals surface area (Å²) >= 11 is 6.06. The van der Waals surface area contributed by atoms with E-state index in [2.05, 4.69) is 20.3 Å². The zero-order valence-corrected chi connectivity index (χ0v) is 18.4. The van der Waals surface area contributed by atoms with Gasteiger partial charge in [-0.15, -0.1) is 0 Å². The number of anilines is 1. The number of nitrogens with one attached hydrogen (secondary N) is 2. The minimum atomic E-state index is -0.462. The van der Waals surface area contributed by atoms with Gasteiger partial charge in [0.05, 0.1) is 12.2 Å². The van der Waals surface area contributed by atoms with E-state index in [1.54, 1.807) is 24.3 Å². The van der Waals surface area contributed by atoms with Crippen molar-refractivity contribution in [2.75, 3.05) is 5.32 Å². The highest BCUT2D eigenvalue weighted by Gasteiger charge is 2.16. The number of benzene rings is 1. The maximum Gasteiger partial charge on any atom is 0.421 e. The summed E-state index contributed by atoms with van der Waals surface area (Å²) in [7, 11) is 0. The molecule has 3 heterocycles. The fourth-order valence-electron chi connectivity index (χ4n) is 3.25. The number of nitrogens with zero attached hydrogens (tertiary/aromatic N) is 3. The average Bonchev–Trinajstić information content (AvgIpc) is 2.96. The fraction of sp³-hybridized carbons (Fsp3) is 0.300. The predicted molar refractivity (Wildman–Crippen MR) is 123 cm³/mol. The highest BCUT2D eigenvalue weighted by atomic mass is 35.5. The second kappa shape index (κ2) is 8.53. The maximum atomic E-state index is 12.5. The number of pyridine rings is 1. The van der Waals surface area contributed by atoms with Crippen LogP contribution in [-0.4, -0.2) is 19.5 Å². The molecule has 0 amide bonds. The summed E-state index contributed by atoms with van der Waals surface area (Å²) < 4.78 is 6.70. The van der Waals surface area contributed by atoms with Gasteiger partial charge >= 0.3 is 5.76 Å². The number of hydrogen-bond donors (Lipinski definition) is 2. The van der Waals surface area contributed by atoms with Gasteiger partial charge in [0.1, 0.15) is 0 Å². The Balaban J connectivity index is 0.00000256. The number of hydrogen-bond acceptors (Lipinski definition) is 6. The Morgan fingerprint density at radius 3 is 2.73 bits per heavy atom. The molecule has 8 nitrogen and oxygen atoms in total. The number of H-pyrrole nitrogens is 1.